The number of carbonyl (C=O) groups excluding carboxylic acids is 1. The molecule has 2 heterocycles. The van der Waals surface area contributed by atoms with Gasteiger partial charge in [0.15, 0.2) is 0 Å². The second-order valence-corrected chi connectivity index (χ2v) is 7.57. The first-order valence-corrected chi connectivity index (χ1v) is 9.87. The minimum absolute atomic E-state index is 0. The van der Waals surface area contributed by atoms with Gasteiger partial charge < -0.3 is 16.7 Å². The van der Waals surface area contributed by atoms with Gasteiger partial charge in [0, 0.05) is 38.3 Å². The molecule has 0 bridgehead atoms. The van der Waals surface area contributed by atoms with Gasteiger partial charge >= 0.3 is 0 Å². The Bertz CT molecular complexity index is 942. The van der Waals surface area contributed by atoms with Crippen LogP contribution in [0, 0.1) is 19.9 Å². The molecular weight excluding hydrogens is 457 g/mol. The van der Waals surface area contributed by atoms with E-state index in [1.807, 2.05) is 61.5 Å². The summed E-state index contributed by atoms with van der Waals surface area (Å²) in [5.74, 6) is 1.61. The van der Waals surface area contributed by atoms with Crippen LogP contribution >= 0.6 is 11.8 Å². The van der Waals surface area contributed by atoms with Crippen LogP contribution in [0.5, 0.6) is 0 Å². The minimum atomic E-state index is -0.0232. The zero-order valence-corrected chi connectivity index (χ0v) is 20.0. The molecule has 0 saturated carbocycles. The number of carbonyl (C=O) groups is 1. The molecule has 4 nitrogen and oxygen atoms in total. The first-order valence-electron chi connectivity index (χ1n) is 8.99. The Morgan fingerprint density at radius 3 is 2.48 bits per heavy atom. The fraction of sp³-hybridized carbons (Fsp3) is 0.174. The average molecular weight is 479 g/mol. The van der Waals surface area contributed by atoms with E-state index in [4.69, 9.17) is 4.42 Å². The predicted molar refractivity (Wildman–Crippen MR) is 113 cm³/mol. The smallest absolute Gasteiger partial charge is 0.238 e. The summed E-state index contributed by atoms with van der Waals surface area (Å²) in [5, 5.41) is 3.44. The molecular formula is C23H22N2O2SY-2. The van der Waals surface area contributed by atoms with Gasteiger partial charge in [-0.05, 0) is 25.5 Å². The maximum atomic E-state index is 11.4. The summed E-state index contributed by atoms with van der Waals surface area (Å²) in [6.45, 7) is 9.44. The Morgan fingerprint density at radius 2 is 1.93 bits per heavy atom. The molecule has 1 atom stereocenters. The van der Waals surface area contributed by atoms with Crippen molar-refractivity contribution in [2.24, 2.45) is 0 Å². The number of nitrogens with one attached hydrogen (secondary N) is 1. The van der Waals surface area contributed by atoms with Gasteiger partial charge in [-0.25, -0.2) is 4.98 Å². The average Bonchev–Trinajstić information content (AvgIpc) is 3.25. The third kappa shape index (κ3) is 6.66. The number of amides is 1. The van der Waals surface area contributed by atoms with Gasteiger partial charge in [0.05, 0.1) is 16.0 Å². The van der Waals surface area contributed by atoms with E-state index in [0.717, 1.165) is 34.0 Å². The van der Waals surface area contributed by atoms with Gasteiger partial charge in [-0.1, -0.05) is 36.5 Å². The fourth-order valence-corrected chi connectivity index (χ4v) is 3.69. The summed E-state index contributed by atoms with van der Waals surface area (Å²) in [5.41, 5.74) is 3.10. The van der Waals surface area contributed by atoms with E-state index < -0.39 is 0 Å². The van der Waals surface area contributed by atoms with E-state index >= 15 is 0 Å². The Kier molecular flexibility index (Phi) is 9.34. The number of oxazole rings is 1. The molecule has 29 heavy (non-hydrogen) atoms. The van der Waals surface area contributed by atoms with Crippen LogP contribution in [0.1, 0.15) is 17.0 Å². The van der Waals surface area contributed by atoms with Crippen molar-refractivity contribution in [1.82, 2.24) is 10.3 Å². The van der Waals surface area contributed by atoms with Crippen molar-refractivity contribution >= 4 is 17.7 Å². The van der Waals surface area contributed by atoms with Crippen LogP contribution in [0.25, 0.3) is 11.5 Å². The Balaban J connectivity index is 0.000000200. The fourth-order valence-electron chi connectivity index (χ4n) is 2.74. The van der Waals surface area contributed by atoms with Crippen LogP contribution in [0.4, 0.5) is 0 Å². The van der Waals surface area contributed by atoms with Gasteiger partial charge in [-0.15, -0.1) is 6.42 Å². The number of benzene rings is 2. The van der Waals surface area contributed by atoms with Crippen molar-refractivity contribution in [1.29, 1.82) is 0 Å². The standard InChI is InChI=1S/C12H12NO.C11H10NOS.Y/c1-3-11-9(2)14-12(13-11)10-7-5-4-6-8-10;1-8-12-11(13)10(14-8)7-9-5-3-2-4-6-9;/h4-8H,1,3H2,2H3;3-6,10H,1,7H2,(H,12,13);/q2*-1;. The second kappa shape index (κ2) is 11.5. The first kappa shape index (κ1) is 23.6. The Labute approximate surface area is 201 Å². The Morgan fingerprint density at radius 1 is 1.24 bits per heavy atom. The molecule has 2 aromatic carbocycles. The summed E-state index contributed by atoms with van der Waals surface area (Å²) >= 11 is 1.50. The largest absolute Gasteiger partial charge is 0.441 e. The van der Waals surface area contributed by atoms with Gasteiger partial charge in [0.1, 0.15) is 5.76 Å². The monoisotopic (exact) mass is 479 g/mol. The molecule has 147 valence electrons. The van der Waals surface area contributed by atoms with Crippen LogP contribution in [0.3, 0.4) is 0 Å². The molecule has 1 aliphatic rings. The van der Waals surface area contributed by atoms with Crippen LogP contribution in [0.15, 0.2) is 70.6 Å². The molecule has 0 aliphatic carbocycles. The van der Waals surface area contributed by atoms with E-state index in [1.54, 1.807) is 0 Å². The van der Waals surface area contributed by atoms with Gasteiger partial charge in [0.25, 0.3) is 0 Å². The predicted octanol–water partition coefficient (Wildman–Crippen LogP) is 4.76. The third-order valence-corrected chi connectivity index (χ3v) is 5.25. The molecule has 1 radical (unpaired) electrons. The number of rotatable bonds is 4. The zero-order valence-electron chi connectivity index (χ0n) is 16.4. The SMILES string of the molecule is C=C1NC(=O)C(Cc2cc[c-]cc2)S1.[CH2-]Cc1nc(-c2ccccc2)oc1C.[Y]. The number of thioether (sulfide) groups is 1. The van der Waals surface area contributed by atoms with Crippen molar-refractivity contribution in [2.75, 3.05) is 0 Å². The molecule has 4 rings (SSSR count). The van der Waals surface area contributed by atoms with Crippen molar-refractivity contribution in [3.63, 3.8) is 0 Å². The number of aryl methyl sites for hydroxylation is 1. The van der Waals surface area contributed by atoms with Crippen molar-refractivity contribution in [2.45, 2.75) is 25.0 Å². The Hall–Kier alpha value is -1.69. The zero-order chi connectivity index (χ0) is 19.9. The van der Waals surface area contributed by atoms with Crippen LogP contribution < -0.4 is 5.32 Å². The number of nitrogens with zero attached hydrogens (tertiary/aromatic N) is 1. The topological polar surface area (TPSA) is 55.1 Å². The third-order valence-electron chi connectivity index (χ3n) is 4.20. The molecule has 6 heteroatoms. The van der Waals surface area contributed by atoms with Crippen LogP contribution in [-0.2, 0) is 50.3 Å². The van der Waals surface area contributed by atoms with Crippen molar-refractivity contribution in [3.05, 3.63) is 96.2 Å². The van der Waals surface area contributed by atoms with Crippen molar-refractivity contribution in [3.8, 4) is 11.5 Å². The number of hydrogen-bond donors (Lipinski definition) is 1. The molecule has 0 spiro atoms. The van der Waals surface area contributed by atoms with Crippen LogP contribution in [-0.4, -0.2) is 16.1 Å². The van der Waals surface area contributed by atoms with E-state index in [2.05, 4.69) is 29.9 Å². The minimum Gasteiger partial charge on any atom is -0.441 e. The summed E-state index contributed by atoms with van der Waals surface area (Å²) in [6, 6.07) is 20.5. The normalized spacial score (nSPS) is 15.2. The van der Waals surface area contributed by atoms with Crippen molar-refractivity contribution < 1.29 is 41.9 Å². The van der Waals surface area contributed by atoms with Crippen LogP contribution in [0.2, 0.25) is 0 Å². The maximum absolute atomic E-state index is 11.4. The van der Waals surface area contributed by atoms with E-state index in [0.29, 0.717) is 12.3 Å². The molecule has 1 fully saturated rings. The molecule has 1 amide bonds. The van der Waals surface area contributed by atoms with E-state index in [-0.39, 0.29) is 43.9 Å². The summed E-state index contributed by atoms with van der Waals surface area (Å²) in [7, 11) is 0. The summed E-state index contributed by atoms with van der Waals surface area (Å²) in [4.78, 5) is 15.8. The van der Waals surface area contributed by atoms with Gasteiger partial charge in [0.2, 0.25) is 11.8 Å². The second-order valence-electron chi connectivity index (χ2n) is 6.27. The molecule has 1 unspecified atom stereocenters. The molecule has 3 aromatic rings. The molecule has 1 saturated heterocycles. The number of aromatic nitrogens is 1. The summed E-state index contributed by atoms with van der Waals surface area (Å²) in [6.07, 6.45) is 1.42. The number of hydrogen-bond acceptors (Lipinski definition) is 4. The molecule has 1 aromatic heterocycles. The van der Waals surface area contributed by atoms with E-state index in [1.165, 1.54) is 11.8 Å². The van der Waals surface area contributed by atoms with Gasteiger partial charge in [-0.2, -0.15) is 35.9 Å². The summed E-state index contributed by atoms with van der Waals surface area (Å²) < 4.78 is 5.54. The maximum Gasteiger partial charge on any atom is 0.238 e. The van der Waals surface area contributed by atoms with E-state index in [9.17, 15) is 4.79 Å². The first-order chi connectivity index (χ1) is 13.6. The van der Waals surface area contributed by atoms with Gasteiger partial charge in [-0.3, -0.25) is 4.79 Å². The quantitative estimate of drug-likeness (QED) is 0.549. The molecule has 1 aliphatic heterocycles. The molecule has 1 N–H and O–H groups in total.